The van der Waals surface area contributed by atoms with Gasteiger partial charge < -0.3 is 4.90 Å². The van der Waals surface area contributed by atoms with E-state index in [0.717, 1.165) is 11.4 Å². The summed E-state index contributed by atoms with van der Waals surface area (Å²) in [6, 6.07) is 5.20. The van der Waals surface area contributed by atoms with Gasteiger partial charge in [0.05, 0.1) is 28.0 Å². The van der Waals surface area contributed by atoms with Gasteiger partial charge in [-0.15, -0.1) is 0 Å². The maximum absolute atomic E-state index is 12.7. The topological polar surface area (TPSA) is 38.1 Å². The molecule has 1 aromatic carbocycles. The fourth-order valence-corrected chi connectivity index (χ4v) is 3.33. The van der Waals surface area contributed by atoms with Gasteiger partial charge in [-0.2, -0.15) is 0 Å². The summed E-state index contributed by atoms with van der Waals surface area (Å²) in [4.78, 5) is 18.7. The molecule has 1 atom stereocenters. The zero-order valence-corrected chi connectivity index (χ0v) is 11.8. The highest BCUT2D eigenvalue weighted by molar-refractivity contribution is 6.34. The Labute approximate surface area is 125 Å². The molecule has 100 valence electrons. The molecule has 6 heteroatoms. The van der Waals surface area contributed by atoms with E-state index in [1.54, 1.807) is 17.3 Å². The number of imidazole rings is 1. The molecule has 0 bridgehead atoms. The van der Waals surface area contributed by atoms with Gasteiger partial charge in [-0.1, -0.05) is 41.4 Å². The van der Waals surface area contributed by atoms with Gasteiger partial charge in [-0.05, 0) is 12.1 Å². The number of hydrogen-bond donors (Lipinski definition) is 0. The van der Waals surface area contributed by atoms with Gasteiger partial charge in [0, 0.05) is 6.54 Å². The Kier molecular flexibility index (Phi) is 2.46. The largest absolute Gasteiger partial charge is 0.323 e. The van der Waals surface area contributed by atoms with E-state index in [9.17, 15) is 4.79 Å². The quantitative estimate of drug-likeness (QED) is 0.701. The Morgan fingerprint density at radius 3 is 3.00 bits per heavy atom. The number of nitrogens with zero attached hydrogens (tertiary/aromatic N) is 3. The molecule has 0 saturated heterocycles. The smallest absolute Gasteiger partial charge is 0.258 e. The van der Waals surface area contributed by atoms with Crippen LogP contribution in [-0.2, 0) is 0 Å². The summed E-state index contributed by atoms with van der Waals surface area (Å²) in [5, 5.41) is 0.850. The van der Waals surface area contributed by atoms with Crippen LogP contribution in [0.2, 0.25) is 10.2 Å². The number of carbonyl (C=O) groups is 1. The predicted octanol–water partition coefficient (Wildman–Crippen LogP) is 3.25. The van der Waals surface area contributed by atoms with E-state index in [1.807, 2.05) is 28.9 Å². The second kappa shape index (κ2) is 4.11. The van der Waals surface area contributed by atoms with Gasteiger partial charge in [0.25, 0.3) is 5.91 Å². The van der Waals surface area contributed by atoms with E-state index in [4.69, 9.17) is 23.2 Å². The third kappa shape index (κ3) is 1.43. The Hall–Kier alpha value is -1.78. The summed E-state index contributed by atoms with van der Waals surface area (Å²) in [5.41, 5.74) is 2.02. The van der Waals surface area contributed by atoms with Gasteiger partial charge in [-0.3, -0.25) is 9.36 Å². The number of aromatic nitrogens is 2. The first-order valence-corrected chi connectivity index (χ1v) is 6.93. The molecule has 1 aromatic heterocycles. The van der Waals surface area contributed by atoms with E-state index < -0.39 is 0 Å². The van der Waals surface area contributed by atoms with Gasteiger partial charge >= 0.3 is 0 Å². The van der Waals surface area contributed by atoms with Crippen LogP contribution >= 0.6 is 23.2 Å². The number of fused-ring (bicyclic) bond motifs is 5. The minimum absolute atomic E-state index is 0.0830. The first-order valence-electron chi connectivity index (χ1n) is 6.17. The van der Waals surface area contributed by atoms with Crippen molar-refractivity contribution < 1.29 is 4.79 Å². The summed E-state index contributed by atoms with van der Waals surface area (Å²) >= 11 is 12.5. The lowest BCUT2D eigenvalue weighted by Crippen LogP contribution is -2.30. The SMILES string of the molecule is O=C1c2c(Cl)cccc2-n2cnc(Cl)c2C2C=CCN12. The Morgan fingerprint density at radius 2 is 2.15 bits per heavy atom. The molecular formula is C14H9Cl2N3O. The summed E-state index contributed by atoms with van der Waals surface area (Å²) in [6.45, 7) is 0.551. The summed E-state index contributed by atoms with van der Waals surface area (Å²) < 4.78 is 1.85. The molecule has 0 radical (unpaired) electrons. The molecule has 0 aliphatic carbocycles. The normalized spacial score (nSPS) is 19.6. The highest BCUT2D eigenvalue weighted by atomic mass is 35.5. The Balaban J connectivity index is 2.10. The molecule has 1 unspecified atom stereocenters. The summed E-state index contributed by atoms with van der Waals surface area (Å²) in [5.74, 6) is -0.0830. The summed E-state index contributed by atoms with van der Waals surface area (Å²) in [6.07, 6.45) is 5.56. The van der Waals surface area contributed by atoms with E-state index in [0.29, 0.717) is 22.3 Å². The van der Waals surface area contributed by atoms with Gasteiger partial charge in [-0.25, -0.2) is 4.98 Å². The number of amides is 1. The zero-order valence-electron chi connectivity index (χ0n) is 10.3. The van der Waals surface area contributed by atoms with Gasteiger partial charge in [0.2, 0.25) is 0 Å². The average molecular weight is 306 g/mol. The molecule has 3 heterocycles. The van der Waals surface area contributed by atoms with E-state index in [-0.39, 0.29) is 11.9 Å². The second-order valence-electron chi connectivity index (χ2n) is 4.76. The predicted molar refractivity (Wildman–Crippen MR) is 76.5 cm³/mol. The van der Waals surface area contributed by atoms with Crippen molar-refractivity contribution in [2.45, 2.75) is 6.04 Å². The van der Waals surface area contributed by atoms with Gasteiger partial charge in [0.15, 0.2) is 5.15 Å². The lowest BCUT2D eigenvalue weighted by atomic mass is 10.1. The molecule has 0 N–H and O–H groups in total. The molecule has 0 fully saturated rings. The van der Waals surface area contributed by atoms with E-state index in [2.05, 4.69) is 4.98 Å². The van der Waals surface area contributed by atoms with E-state index >= 15 is 0 Å². The number of hydrogen-bond acceptors (Lipinski definition) is 2. The fourth-order valence-electron chi connectivity index (χ4n) is 2.83. The van der Waals surface area contributed by atoms with Crippen molar-refractivity contribution >= 4 is 29.1 Å². The molecule has 1 amide bonds. The molecule has 0 saturated carbocycles. The number of rotatable bonds is 0. The lowest BCUT2D eigenvalue weighted by Gasteiger charge is -2.22. The maximum Gasteiger partial charge on any atom is 0.258 e. The van der Waals surface area contributed by atoms with Crippen LogP contribution in [0, 0.1) is 0 Å². The van der Waals surface area contributed by atoms with Crippen molar-refractivity contribution in [1.29, 1.82) is 0 Å². The molecule has 2 aliphatic rings. The van der Waals surface area contributed by atoms with Crippen molar-refractivity contribution in [3.8, 4) is 5.69 Å². The minimum Gasteiger partial charge on any atom is -0.323 e. The Morgan fingerprint density at radius 1 is 1.30 bits per heavy atom. The highest BCUT2D eigenvalue weighted by Crippen LogP contribution is 2.39. The minimum atomic E-state index is -0.194. The molecule has 4 nitrogen and oxygen atoms in total. The molecule has 20 heavy (non-hydrogen) atoms. The van der Waals surface area contributed by atoms with Crippen LogP contribution in [0.4, 0.5) is 0 Å². The van der Waals surface area contributed by atoms with Crippen LogP contribution in [0.25, 0.3) is 5.69 Å². The first-order chi connectivity index (χ1) is 9.68. The number of benzene rings is 1. The van der Waals surface area contributed by atoms with Crippen molar-refractivity contribution in [2.75, 3.05) is 6.54 Å². The van der Waals surface area contributed by atoms with Crippen LogP contribution in [0.3, 0.4) is 0 Å². The highest BCUT2D eigenvalue weighted by Gasteiger charge is 2.37. The number of halogens is 2. The third-order valence-corrected chi connectivity index (χ3v) is 4.33. The van der Waals surface area contributed by atoms with Crippen LogP contribution in [0.15, 0.2) is 36.7 Å². The second-order valence-corrected chi connectivity index (χ2v) is 5.52. The van der Waals surface area contributed by atoms with Crippen molar-refractivity contribution in [3.63, 3.8) is 0 Å². The average Bonchev–Trinajstić information content (AvgIpc) is 3.01. The van der Waals surface area contributed by atoms with Crippen LogP contribution < -0.4 is 0 Å². The summed E-state index contributed by atoms with van der Waals surface area (Å²) in [7, 11) is 0. The molecular weight excluding hydrogens is 297 g/mol. The standard InChI is InChI=1S/C14H9Cl2N3O/c15-8-3-1-4-9-11(8)14(20)18-6-2-5-10(18)12-13(16)17-7-19(9)12/h1-5,7,10H,6H2. The van der Waals surface area contributed by atoms with Crippen molar-refractivity contribution in [2.24, 2.45) is 0 Å². The molecule has 2 aliphatic heterocycles. The zero-order chi connectivity index (χ0) is 13.9. The van der Waals surface area contributed by atoms with E-state index in [1.165, 1.54) is 0 Å². The van der Waals surface area contributed by atoms with Crippen LogP contribution in [0.1, 0.15) is 22.1 Å². The molecule has 0 spiro atoms. The molecule has 2 aromatic rings. The number of carbonyl (C=O) groups excluding carboxylic acids is 1. The fraction of sp³-hybridized carbons (Fsp3) is 0.143. The van der Waals surface area contributed by atoms with Crippen molar-refractivity contribution in [1.82, 2.24) is 14.5 Å². The van der Waals surface area contributed by atoms with Crippen molar-refractivity contribution in [3.05, 3.63) is 58.1 Å². The van der Waals surface area contributed by atoms with Crippen LogP contribution in [-0.4, -0.2) is 26.9 Å². The Bertz CT molecular complexity index is 766. The van der Waals surface area contributed by atoms with Gasteiger partial charge in [0.1, 0.15) is 6.33 Å². The first kappa shape index (κ1) is 12.0. The van der Waals surface area contributed by atoms with Crippen LogP contribution in [0.5, 0.6) is 0 Å². The monoisotopic (exact) mass is 305 g/mol. The molecule has 4 rings (SSSR count). The third-order valence-electron chi connectivity index (χ3n) is 3.72. The maximum atomic E-state index is 12.7. The lowest BCUT2D eigenvalue weighted by molar-refractivity contribution is 0.0752.